The zero-order valence-corrected chi connectivity index (χ0v) is 11.4. The van der Waals surface area contributed by atoms with Crippen LogP contribution < -0.4 is 5.32 Å². The summed E-state index contributed by atoms with van der Waals surface area (Å²) in [4.78, 5) is 1.38. The average Bonchev–Trinajstić information content (AvgIpc) is 2.62. The maximum atomic E-state index is 9.23. The molecule has 0 unspecified atom stereocenters. The molecule has 2 N–H and O–H groups in total. The van der Waals surface area contributed by atoms with Crippen LogP contribution in [0, 0.1) is 5.41 Å². The van der Waals surface area contributed by atoms with Crippen molar-refractivity contribution in [3.05, 3.63) is 20.8 Å². The van der Waals surface area contributed by atoms with Gasteiger partial charge in [-0.15, -0.1) is 11.3 Å². The molecule has 0 aromatic carbocycles. The first-order chi connectivity index (χ1) is 7.74. The fourth-order valence-electron chi connectivity index (χ4n) is 1.69. The summed E-state index contributed by atoms with van der Waals surface area (Å²) in [7, 11) is 0. The van der Waals surface area contributed by atoms with E-state index in [1.807, 2.05) is 0 Å². The van der Waals surface area contributed by atoms with Crippen LogP contribution in [0.15, 0.2) is 15.9 Å². The van der Waals surface area contributed by atoms with Gasteiger partial charge in [-0.05, 0) is 41.0 Å². The fraction of sp³-hybridized carbons (Fsp3) is 0.636. The fourth-order valence-corrected chi connectivity index (χ4v) is 3.17. The Morgan fingerprint density at radius 2 is 2.31 bits per heavy atom. The second-order valence-electron chi connectivity index (χ2n) is 4.28. The van der Waals surface area contributed by atoms with Gasteiger partial charge in [-0.1, -0.05) is 0 Å². The molecule has 90 valence electrons. The smallest absolute Gasteiger partial charge is 0.0701 e. The maximum absolute atomic E-state index is 9.23. The highest BCUT2D eigenvalue weighted by atomic mass is 79.9. The van der Waals surface area contributed by atoms with Crippen LogP contribution in [0.25, 0.3) is 0 Å². The van der Waals surface area contributed by atoms with Gasteiger partial charge in [0.2, 0.25) is 0 Å². The van der Waals surface area contributed by atoms with Crippen molar-refractivity contribution in [1.29, 1.82) is 0 Å². The molecule has 0 radical (unpaired) electrons. The van der Waals surface area contributed by atoms with Crippen LogP contribution in [0.2, 0.25) is 0 Å². The monoisotopic (exact) mass is 305 g/mol. The quantitative estimate of drug-likeness (QED) is 0.785. The minimum atomic E-state index is -0.0178. The van der Waals surface area contributed by atoms with Crippen LogP contribution in [-0.4, -0.2) is 38.0 Å². The molecule has 16 heavy (non-hydrogen) atoms. The van der Waals surface area contributed by atoms with Gasteiger partial charge in [0.05, 0.1) is 29.0 Å². The maximum Gasteiger partial charge on any atom is 0.0701 e. The number of halogens is 1. The molecule has 1 aromatic rings. The number of rotatable bonds is 6. The van der Waals surface area contributed by atoms with Gasteiger partial charge >= 0.3 is 0 Å². The highest BCUT2D eigenvalue weighted by molar-refractivity contribution is 9.11. The molecule has 0 spiro atoms. The standard InChI is InChI=1S/C11H16BrNO2S/c12-10-2-1-9(16-10)3-4-13-5-11(6-14)7-15-8-11/h1-2,13-14H,3-8H2. The molecule has 0 aliphatic carbocycles. The summed E-state index contributed by atoms with van der Waals surface area (Å²) in [5, 5.41) is 12.6. The van der Waals surface area contributed by atoms with Gasteiger partial charge in [-0.3, -0.25) is 0 Å². The molecular formula is C11H16BrNO2S. The zero-order valence-electron chi connectivity index (χ0n) is 9.04. The van der Waals surface area contributed by atoms with E-state index in [2.05, 4.69) is 33.4 Å². The molecule has 1 saturated heterocycles. The summed E-state index contributed by atoms with van der Waals surface area (Å²) < 4.78 is 6.33. The van der Waals surface area contributed by atoms with Crippen molar-refractivity contribution in [1.82, 2.24) is 5.32 Å². The summed E-state index contributed by atoms with van der Waals surface area (Å²) in [6, 6.07) is 4.22. The van der Waals surface area contributed by atoms with E-state index < -0.39 is 0 Å². The van der Waals surface area contributed by atoms with Crippen molar-refractivity contribution in [3.63, 3.8) is 0 Å². The number of ether oxygens (including phenoxy) is 1. The summed E-state index contributed by atoms with van der Waals surface area (Å²) in [6.07, 6.45) is 1.04. The van der Waals surface area contributed by atoms with Gasteiger partial charge in [-0.25, -0.2) is 0 Å². The average molecular weight is 306 g/mol. The summed E-state index contributed by atoms with van der Waals surface area (Å²) >= 11 is 5.23. The van der Waals surface area contributed by atoms with Crippen molar-refractivity contribution >= 4 is 27.3 Å². The lowest BCUT2D eigenvalue weighted by Crippen LogP contribution is -2.52. The van der Waals surface area contributed by atoms with E-state index in [1.165, 1.54) is 8.66 Å². The van der Waals surface area contributed by atoms with E-state index in [4.69, 9.17) is 4.74 Å². The predicted molar refractivity (Wildman–Crippen MR) is 68.9 cm³/mol. The Labute approximate surface area is 108 Å². The number of hydrogen-bond donors (Lipinski definition) is 2. The first kappa shape index (κ1) is 12.5. The van der Waals surface area contributed by atoms with Crippen LogP contribution in [0.3, 0.4) is 0 Å². The minimum absolute atomic E-state index is 0.0178. The molecule has 1 aromatic heterocycles. The third-order valence-electron chi connectivity index (χ3n) is 2.83. The van der Waals surface area contributed by atoms with Crippen LogP contribution in [0.4, 0.5) is 0 Å². The third-order valence-corrected chi connectivity index (χ3v) is 4.51. The van der Waals surface area contributed by atoms with E-state index in [-0.39, 0.29) is 12.0 Å². The van der Waals surface area contributed by atoms with E-state index >= 15 is 0 Å². The molecule has 0 bridgehead atoms. The summed E-state index contributed by atoms with van der Waals surface area (Å²) in [5.74, 6) is 0. The van der Waals surface area contributed by atoms with E-state index in [9.17, 15) is 5.11 Å². The summed E-state index contributed by atoms with van der Waals surface area (Å²) in [6.45, 7) is 3.37. The van der Waals surface area contributed by atoms with Gasteiger partial charge in [0, 0.05) is 11.4 Å². The van der Waals surface area contributed by atoms with Crippen molar-refractivity contribution in [2.75, 3.05) is 32.9 Å². The second kappa shape index (κ2) is 5.60. The topological polar surface area (TPSA) is 41.5 Å². The second-order valence-corrected chi connectivity index (χ2v) is 6.83. The van der Waals surface area contributed by atoms with Crippen molar-refractivity contribution in [2.24, 2.45) is 5.41 Å². The Morgan fingerprint density at radius 3 is 2.81 bits per heavy atom. The number of aliphatic hydroxyl groups excluding tert-OH is 1. The largest absolute Gasteiger partial charge is 0.396 e. The molecule has 2 heterocycles. The van der Waals surface area contributed by atoms with Crippen molar-refractivity contribution in [2.45, 2.75) is 6.42 Å². The molecule has 1 aliphatic heterocycles. The Bertz CT molecular complexity index is 333. The van der Waals surface area contributed by atoms with Gasteiger partial charge in [0.25, 0.3) is 0 Å². The summed E-state index contributed by atoms with van der Waals surface area (Å²) in [5.41, 5.74) is -0.0178. The normalized spacial score (nSPS) is 18.4. The molecule has 0 atom stereocenters. The Kier molecular flexibility index (Phi) is 4.38. The number of nitrogens with one attached hydrogen (secondary N) is 1. The van der Waals surface area contributed by atoms with Crippen LogP contribution in [-0.2, 0) is 11.2 Å². The number of thiophene rings is 1. The lowest BCUT2D eigenvalue weighted by Gasteiger charge is -2.40. The molecule has 3 nitrogen and oxygen atoms in total. The lowest BCUT2D eigenvalue weighted by molar-refractivity contribution is -0.134. The molecular weight excluding hydrogens is 290 g/mol. The zero-order chi connectivity index (χ0) is 11.4. The first-order valence-electron chi connectivity index (χ1n) is 5.38. The predicted octanol–water partition coefficient (Wildman–Crippen LogP) is 1.65. The van der Waals surface area contributed by atoms with Crippen LogP contribution in [0.1, 0.15) is 4.88 Å². The number of aliphatic hydroxyl groups is 1. The van der Waals surface area contributed by atoms with E-state index in [0.717, 1.165) is 19.5 Å². The first-order valence-corrected chi connectivity index (χ1v) is 6.99. The van der Waals surface area contributed by atoms with E-state index in [0.29, 0.717) is 13.2 Å². The van der Waals surface area contributed by atoms with Gasteiger partial charge in [-0.2, -0.15) is 0 Å². The van der Waals surface area contributed by atoms with Crippen LogP contribution >= 0.6 is 27.3 Å². The van der Waals surface area contributed by atoms with Crippen molar-refractivity contribution < 1.29 is 9.84 Å². The van der Waals surface area contributed by atoms with Crippen LogP contribution in [0.5, 0.6) is 0 Å². The Balaban J connectivity index is 1.65. The molecule has 5 heteroatoms. The molecule has 2 rings (SSSR count). The number of hydrogen-bond acceptors (Lipinski definition) is 4. The Morgan fingerprint density at radius 1 is 1.50 bits per heavy atom. The molecule has 1 aliphatic rings. The molecule has 1 fully saturated rings. The SMILES string of the molecule is OCC1(CNCCc2ccc(Br)s2)COC1. The van der Waals surface area contributed by atoms with Gasteiger partial charge in [0.1, 0.15) is 0 Å². The van der Waals surface area contributed by atoms with Gasteiger partial charge in [0.15, 0.2) is 0 Å². The molecule has 0 amide bonds. The lowest BCUT2D eigenvalue weighted by atomic mass is 9.87. The minimum Gasteiger partial charge on any atom is -0.396 e. The van der Waals surface area contributed by atoms with Crippen molar-refractivity contribution in [3.8, 4) is 0 Å². The highest BCUT2D eigenvalue weighted by Gasteiger charge is 2.37. The van der Waals surface area contributed by atoms with E-state index in [1.54, 1.807) is 11.3 Å². The highest BCUT2D eigenvalue weighted by Crippen LogP contribution is 2.25. The molecule has 0 saturated carbocycles. The van der Waals surface area contributed by atoms with Gasteiger partial charge < -0.3 is 15.2 Å². The Hall–Kier alpha value is 0.0600. The third kappa shape index (κ3) is 3.05.